The van der Waals surface area contributed by atoms with Gasteiger partial charge in [-0.25, -0.2) is 0 Å². The Balaban J connectivity index is 2.26. The summed E-state index contributed by atoms with van der Waals surface area (Å²) in [6.07, 6.45) is 4.67. The van der Waals surface area contributed by atoms with Gasteiger partial charge in [-0.3, -0.25) is 0 Å². The molecule has 2 rings (SSSR count). The summed E-state index contributed by atoms with van der Waals surface area (Å²) in [6.45, 7) is 0.966. The van der Waals surface area contributed by atoms with Gasteiger partial charge >= 0.3 is 12.0 Å². The van der Waals surface area contributed by atoms with E-state index in [2.05, 4.69) is 35.8 Å². The third-order valence-corrected chi connectivity index (χ3v) is 3.73. The number of aromatic nitrogens is 3. The molecule has 1 aromatic heterocycles. The highest BCUT2D eigenvalue weighted by Gasteiger charge is 2.25. The fraction of sp³-hybridized carbons (Fsp3) is 0.750. The molecule has 19 heavy (non-hydrogen) atoms. The van der Waals surface area contributed by atoms with Crippen LogP contribution in [0, 0.1) is 0 Å². The SMILES string of the molecule is COc1nc(OC)nc(N2CCCCC2CCBr)n1. The van der Waals surface area contributed by atoms with E-state index in [-0.39, 0.29) is 0 Å². The first-order chi connectivity index (χ1) is 9.28. The average Bonchev–Trinajstić information content (AvgIpc) is 2.47. The Hall–Kier alpha value is -1.11. The van der Waals surface area contributed by atoms with E-state index >= 15 is 0 Å². The number of piperidine rings is 1. The van der Waals surface area contributed by atoms with Crippen LogP contribution < -0.4 is 14.4 Å². The van der Waals surface area contributed by atoms with Gasteiger partial charge in [-0.15, -0.1) is 4.98 Å². The van der Waals surface area contributed by atoms with E-state index in [0.717, 1.165) is 24.7 Å². The van der Waals surface area contributed by atoms with E-state index in [9.17, 15) is 0 Å². The van der Waals surface area contributed by atoms with Gasteiger partial charge in [0.2, 0.25) is 5.95 Å². The second-order valence-electron chi connectivity index (χ2n) is 4.43. The maximum Gasteiger partial charge on any atom is 0.324 e. The molecule has 0 aromatic carbocycles. The molecule has 6 nitrogen and oxygen atoms in total. The molecule has 0 spiro atoms. The molecular formula is C12H19BrN4O2. The van der Waals surface area contributed by atoms with Gasteiger partial charge in [0, 0.05) is 17.9 Å². The van der Waals surface area contributed by atoms with E-state index in [4.69, 9.17) is 9.47 Å². The smallest absolute Gasteiger partial charge is 0.324 e. The number of rotatable bonds is 5. The lowest BCUT2D eigenvalue weighted by Gasteiger charge is -2.35. The number of nitrogens with zero attached hydrogens (tertiary/aromatic N) is 4. The summed E-state index contributed by atoms with van der Waals surface area (Å²) < 4.78 is 10.2. The van der Waals surface area contributed by atoms with Crippen molar-refractivity contribution < 1.29 is 9.47 Å². The van der Waals surface area contributed by atoms with Crippen molar-refractivity contribution in [1.29, 1.82) is 0 Å². The molecule has 1 fully saturated rings. The Bertz CT molecular complexity index is 394. The Morgan fingerprint density at radius 1 is 1.16 bits per heavy atom. The summed E-state index contributed by atoms with van der Waals surface area (Å²) >= 11 is 3.51. The maximum atomic E-state index is 5.11. The van der Waals surface area contributed by atoms with Crippen LogP contribution in [0.4, 0.5) is 5.95 Å². The summed E-state index contributed by atoms with van der Waals surface area (Å²) in [5.41, 5.74) is 0. The van der Waals surface area contributed by atoms with Crippen LogP contribution in [0.3, 0.4) is 0 Å². The van der Waals surface area contributed by atoms with E-state index in [0.29, 0.717) is 24.0 Å². The van der Waals surface area contributed by atoms with Crippen LogP contribution in [0.2, 0.25) is 0 Å². The second kappa shape index (κ2) is 6.88. The highest BCUT2D eigenvalue weighted by Crippen LogP contribution is 2.26. The molecule has 1 saturated heterocycles. The van der Waals surface area contributed by atoms with Crippen molar-refractivity contribution in [3.05, 3.63) is 0 Å². The Morgan fingerprint density at radius 2 is 1.84 bits per heavy atom. The van der Waals surface area contributed by atoms with E-state index < -0.39 is 0 Å². The fourth-order valence-corrected chi connectivity index (χ4v) is 2.86. The van der Waals surface area contributed by atoms with Gasteiger partial charge in [0.25, 0.3) is 0 Å². The van der Waals surface area contributed by atoms with Gasteiger partial charge in [-0.05, 0) is 25.7 Å². The minimum atomic E-state index is 0.296. The average molecular weight is 331 g/mol. The van der Waals surface area contributed by atoms with Crippen molar-refractivity contribution in [2.75, 3.05) is 31.0 Å². The van der Waals surface area contributed by atoms with Crippen LogP contribution >= 0.6 is 15.9 Å². The lowest BCUT2D eigenvalue weighted by Crippen LogP contribution is -2.41. The van der Waals surface area contributed by atoms with Crippen molar-refractivity contribution in [3.63, 3.8) is 0 Å². The topological polar surface area (TPSA) is 60.4 Å². The third-order valence-electron chi connectivity index (χ3n) is 3.27. The summed E-state index contributed by atoms with van der Waals surface area (Å²) in [5.74, 6) is 0.648. The van der Waals surface area contributed by atoms with Gasteiger partial charge in [-0.1, -0.05) is 15.9 Å². The molecule has 2 heterocycles. The summed E-state index contributed by atoms with van der Waals surface area (Å²) in [5, 5.41) is 0.980. The molecule has 0 amide bonds. The first-order valence-corrected chi connectivity index (χ1v) is 7.57. The molecule has 1 atom stereocenters. The predicted molar refractivity (Wildman–Crippen MR) is 76.3 cm³/mol. The molecule has 0 radical (unpaired) electrons. The summed E-state index contributed by atoms with van der Waals surface area (Å²) in [4.78, 5) is 15.0. The number of alkyl halides is 1. The van der Waals surface area contributed by atoms with Gasteiger partial charge < -0.3 is 14.4 Å². The minimum absolute atomic E-state index is 0.296. The third kappa shape index (κ3) is 3.46. The monoisotopic (exact) mass is 330 g/mol. The second-order valence-corrected chi connectivity index (χ2v) is 5.22. The molecule has 0 aliphatic carbocycles. The molecule has 1 aliphatic heterocycles. The maximum absolute atomic E-state index is 5.11. The van der Waals surface area contributed by atoms with Crippen LogP contribution in [0.15, 0.2) is 0 Å². The van der Waals surface area contributed by atoms with Gasteiger partial charge in [-0.2, -0.15) is 9.97 Å². The first kappa shape index (κ1) is 14.3. The zero-order valence-corrected chi connectivity index (χ0v) is 12.9. The zero-order chi connectivity index (χ0) is 13.7. The minimum Gasteiger partial charge on any atom is -0.467 e. The highest BCUT2D eigenvalue weighted by molar-refractivity contribution is 9.09. The number of hydrogen-bond donors (Lipinski definition) is 0. The molecule has 0 N–H and O–H groups in total. The molecule has 1 aliphatic rings. The molecular weight excluding hydrogens is 312 g/mol. The van der Waals surface area contributed by atoms with Crippen LogP contribution in [-0.4, -0.2) is 47.1 Å². The molecule has 0 saturated carbocycles. The number of hydrogen-bond acceptors (Lipinski definition) is 6. The molecule has 7 heteroatoms. The predicted octanol–water partition coefficient (Wildman–Crippen LogP) is 2.03. The van der Waals surface area contributed by atoms with E-state index in [1.54, 1.807) is 14.2 Å². The quantitative estimate of drug-likeness (QED) is 0.770. The van der Waals surface area contributed by atoms with E-state index in [1.165, 1.54) is 12.8 Å². The number of ether oxygens (including phenoxy) is 2. The van der Waals surface area contributed by atoms with Gasteiger partial charge in [0.05, 0.1) is 14.2 Å². The zero-order valence-electron chi connectivity index (χ0n) is 11.3. The van der Waals surface area contributed by atoms with Crippen LogP contribution in [-0.2, 0) is 0 Å². The largest absolute Gasteiger partial charge is 0.467 e. The fourth-order valence-electron chi connectivity index (χ4n) is 2.33. The van der Waals surface area contributed by atoms with Crippen molar-refractivity contribution in [1.82, 2.24) is 15.0 Å². The Kier molecular flexibility index (Phi) is 5.18. The van der Waals surface area contributed by atoms with Crippen LogP contribution in [0.1, 0.15) is 25.7 Å². The van der Waals surface area contributed by atoms with Gasteiger partial charge in [0.1, 0.15) is 0 Å². The molecule has 1 aromatic rings. The van der Waals surface area contributed by atoms with Crippen molar-refractivity contribution in [2.45, 2.75) is 31.7 Å². The standard InChI is InChI=1S/C12H19BrN4O2/c1-18-11-14-10(15-12(16-11)19-2)17-8-4-3-5-9(17)6-7-13/h9H,3-8H2,1-2H3. The van der Waals surface area contributed by atoms with Crippen molar-refractivity contribution in [2.24, 2.45) is 0 Å². The Morgan fingerprint density at radius 3 is 2.42 bits per heavy atom. The Labute approximate surface area is 121 Å². The summed E-state index contributed by atoms with van der Waals surface area (Å²) in [7, 11) is 3.09. The number of methoxy groups -OCH3 is 2. The number of halogens is 1. The van der Waals surface area contributed by atoms with Gasteiger partial charge in [0.15, 0.2) is 0 Å². The highest BCUT2D eigenvalue weighted by atomic mass is 79.9. The number of anilines is 1. The molecule has 106 valence electrons. The van der Waals surface area contributed by atoms with Crippen molar-refractivity contribution >= 4 is 21.9 Å². The van der Waals surface area contributed by atoms with Crippen molar-refractivity contribution in [3.8, 4) is 12.0 Å². The lowest BCUT2D eigenvalue weighted by molar-refractivity contribution is 0.337. The van der Waals surface area contributed by atoms with Crippen LogP contribution in [0.25, 0.3) is 0 Å². The molecule has 0 bridgehead atoms. The summed E-state index contributed by atoms with van der Waals surface area (Å²) in [6, 6.07) is 1.06. The normalized spacial score (nSPS) is 19.3. The van der Waals surface area contributed by atoms with E-state index in [1.807, 2.05) is 0 Å². The lowest BCUT2D eigenvalue weighted by atomic mass is 10.0. The van der Waals surface area contributed by atoms with Crippen LogP contribution in [0.5, 0.6) is 12.0 Å². The molecule has 1 unspecified atom stereocenters. The first-order valence-electron chi connectivity index (χ1n) is 6.45.